The quantitative estimate of drug-likeness (QED) is 0.113. The summed E-state index contributed by atoms with van der Waals surface area (Å²) in [7, 11) is 5.69. The summed E-state index contributed by atoms with van der Waals surface area (Å²) in [5.41, 5.74) is 8.21. The number of rotatable bonds is 20. The molecule has 0 fully saturated rings. The van der Waals surface area contributed by atoms with Crippen molar-refractivity contribution < 1.29 is 62.0 Å². The fourth-order valence-electron chi connectivity index (χ4n) is 4.28. The van der Waals surface area contributed by atoms with E-state index in [1.165, 1.54) is 38.0 Å². The lowest BCUT2D eigenvalue weighted by atomic mass is 10.1. The lowest BCUT2D eigenvalue weighted by Gasteiger charge is -2.19. The van der Waals surface area contributed by atoms with Crippen molar-refractivity contribution in [3.05, 3.63) is 47.8 Å². The number of pyridine rings is 2. The average molecular weight is 790 g/mol. The minimum absolute atomic E-state index is 0.173. The summed E-state index contributed by atoms with van der Waals surface area (Å²) in [6, 6.07) is 9.91. The first kappa shape index (κ1) is 46.1. The van der Waals surface area contributed by atoms with Gasteiger partial charge in [0.15, 0.2) is 6.61 Å². The molecule has 0 unspecified atom stereocenters. The van der Waals surface area contributed by atoms with Gasteiger partial charge in [0, 0.05) is 65.5 Å². The molecule has 0 aromatic carbocycles. The van der Waals surface area contributed by atoms with Gasteiger partial charge in [0.25, 0.3) is 5.91 Å². The van der Waals surface area contributed by atoms with Crippen LogP contribution in [0.5, 0.6) is 0 Å². The Hall–Kier alpha value is -6.05. The number of hydrogen-bond acceptors (Lipinski definition) is 16. The Labute approximate surface area is 325 Å². The third-order valence-corrected chi connectivity index (χ3v) is 7.78. The van der Waals surface area contributed by atoms with Gasteiger partial charge in [-0.15, -0.1) is 0 Å². The predicted molar refractivity (Wildman–Crippen MR) is 196 cm³/mol. The molecule has 2 rings (SSSR count). The number of carbonyl (C=O) groups is 7. The van der Waals surface area contributed by atoms with E-state index in [9.17, 15) is 33.6 Å². The Kier molecular flexibility index (Phi) is 19.5. The molecule has 2 aromatic heterocycles. The second-order valence-electron chi connectivity index (χ2n) is 12.6. The van der Waals surface area contributed by atoms with Crippen LogP contribution in [0.2, 0.25) is 0 Å². The second-order valence-corrected chi connectivity index (χ2v) is 12.6. The SMILES string of the molecule is CCOC(=O)CN(C)C(=O)OCOC(=O)N(C)CCc1cccc(-c2cccc(CCN(C)C(=O)OCOC(=O)CN(C)C(=O)COC(=O)[C@@H](N)C(C)C)n2)n1. The molecular formula is C36H51N7O13. The Morgan fingerprint density at radius 1 is 0.625 bits per heavy atom. The van der Waals surface area contributed by atoms with Gasteiger partial charge in [-0.05, 0) is 37.1 Å². The van der Waals surface area contributed by atoms with E-state index in [1.54, 1.807) is 51.1 Å². The van der Waals surface area contributed by atoms with E-state index in [-0.39, 0.29) is 32.2 Å². The van der Waals surface area contributed by atoms with Crippen LogP contribution in [0.3, 0.4) is 0 Å². The summed E-state index contributed by atoms with van der Waals surface area (Å²) >= 11 is 0. The monoisotopic (exact) mass is 789 g/mol. The van der Waals surface area contributed by atoms with E-state index in [4.69, 9.17) is 34.2 Å². The fourth-order valence-corrected chi connectivity index (χ4v) is 4.28. The molecule has 0 saturated heterocycles. The number of hydrogen-bond donors (Lipinski definition) is 1. The minimum atomic E-state index is -0.877. The van der Waals surface area contributed by atoms with Gasteiger partial charge in [0.2, 0.25) is 13.6 Å². The highest BCUT2D eigenvalue weighted by molar-refractivity contribution is 5.85. The highest BCUT2D eigenvalue weighted by Crippen LogP contribution is 2.16. The number of ether oxygens (including phenoxy) is 6. The van der Waals surface area contributed by atoms with Crippen LogP contribution in [0.15, 0.2) is 36.4 Å². The van der Waals surface area contributed by atoms with E-state index in [0.717, 1.165) is 9.80 Å². The molecule has 4 amide bonds. The van der Waals surface area contributed by atoms with Gasteiger partial charge in [-0.1, -0.05) is 26.0 Å². The number of esters is 3. The third-order valence-electron chi connectivity index (χ3n) is 7.78. The van der Waals surface area contributed by atoms with Crippen molar-refractivity contribution in [3.8, 4) is 11.4 Å². The molecule has 0 bridgehead atoms. The molecule has 2 aromatic rings. The maximum absolute atomic E-state index is 12.4. The van der Waals surface area contributed by atoms with Crippen LogP contribution in [0.4, 0.5) is 14.4 Å². The summed E-state index contributed by atoms with van der Waals surface area (Å²) < 4.78 is 29.4. The molecule has 308 valence electrons. The third kappa shape index (κ3) is 16.5. The summed E-state index contributed by atoms with van der Waals surface area (Å²) in [5.74, 6) is -2.99. The van der Waals surface area contributed by atoms with Gasteiger partial charge in [0.05, 0.1) is 18.0 Å². The lowest BCUT2D eigenvalue weighted by molar-refractivity contribution is -0.158. The van der Waals surface area contributed by atoms with Crippen molar-refractivity contribution in [2.75, 3.05) is 81.2 Å². The molecule has 20 heteroatoms. The van der Waals surface area contributed by atoms with Crippen LogP contribution >= 0.6 is 0 Å². The van der Waals surface area contributed by atoms with Crippen molar-refractivity contribution in [1.29, 1.82) is 0 Å². The zero-order valence-corrected chi connectivity index (χ0v) is 32.8. The van der Waals surface area contributed by atoms with Gasteiger partial charge >= 0.3 is 36.2 Å². The summed E-state index contributed by atoms with van der Waals surface area (Å²) in [6.07, 6.45) is -1.60. The standard InChI is InChI=1S/C36H51N7O13/c1-8-51-30(45)20-43(7)36(50)56-23-55-35(49)41(5)18-16-26-12-10-14-28(39-26)27-13-9-11-25(38-27)15-17-40(4)34(48)54-22-53-31(46)19-42(6)29(44)21-52-33(47)32(37)24(2)3/h9-14,24,32H,8,15-23,37H2,1-7H3/t32-/m0/s1. The molecule has 0 aliphatic heterocycles. The fraction of sp³-hybridized carbons (Fsp3) is 0.528. The van der Waals surface area contributed by atoms with Gasteiger partial charge in [-0.2, -0.15) is 0 Å². The molecule has 20 nitrogen and oxygen atoms in total. The second kappa shape index (κ2) is 23.7. The van der Waals surface area contributed by atoms with Crippen molar-refractivity contribution in [2.45, 2.75) is 39.7 Å². The highest BCUT2D eigenvalue weighted by atomic mass is 16.7. The van der Waals surface area contributed by atoms with Crippen LogP contribution in [0.1, 0.15) is 32.2 Å². The normalized spacial score (nSPS) is 11.1. The van der Waals surface area contributed by atoms with Crippen molar-refractivity contribution >= 4 is 42.1 Å². The van der Waals surface area contributed by atoms with Gasteiger partial charge in [0.1, 0.15) is 19.1 Å². The summed E-state index contributed by atoms with van der Waals surface area (Å²) in [4.78, 5) is 98.3. The smallest absolute Gasteiger partial charge is 0.412 e. The molecule has 0 radical (unpaired) electrons. The largest absolute Gasteiger partial charge is 0.465 e. The minimum Gasteiger partial charge on any atom is -0.465 e. The summed E-state index contributed by atoms with van der Waals surface area (Å²) in [6.45, 7) is 3.07. The number of nitrogens with two attached hydrogens (primary N) is 1. The molecular weight excluding hydrogens is 738 g/mol. The molecule has 56 heavy (non-hydrogen) atoms. The molecule has 1 atom stereocenters. The van der Waals surface area contributed by atoms with Gasteiger partial charge < -0.3 is 53.8 Å². The Balaban J connectivity index is 1.76. The van der Waals surface area contributed by atoms with Crippen LogP contribution in [0.25, 0.3) is 11.4 Å². The Morgan fingerprint density at radius 2 is 1.07 bits per heavy atom. The van der Waals surface area contributed by atoms with Crippen molar-refractivity contribution in [2.24, 2.45) is 11.7 Å². The van der Waals surface area contributed by atoms with Crippen LogP contribution in [-0.4, -0.2) is 159 Å². The van der Waals surface area contributed by atoms with Gasteiger partial charge in [-0.3, -0.25) is 29.1 Å². The van der Waals surface area contributed by atoms with Crippen LogP contribution in [0, 0.1) is 5.92 Å². The molecule has 0 spiro atoms. The van der Waals surface area contributed by atoms with E-state index >= 15 is 0 Å². The molecule has 0 aliphatic carbocycles. The first-order valence-electron chi connectivity index (χ1n) is 17.6. The number of nitrogens with zero attached hydrogens (tertiary/aromatic N) is 6. The zero-order valence-electron chi connectivity index (χ0n) is 32.8. The van der Waals surface area contributed by atoms with Crippen molar-refractivity contribution in [3.63, 3.8) is 0 Å². The van der Waals surface area contributed by atoms with Gasteiger partial charge in [-0.25, -0.2) is 14.4 Å². The maximum atomic E-state index is 12.4. The molecule has 2 N–H and O–H groups in total. The number of likely N-dealkylation sites (N-methyl/N-ethyl adjacent to an activating group) is 4. The maximum Gasteiger partial charge on any atom is 0.412 e. The summed E-state index contributed by atoms with van der Waals surface area (Å²) in [5, 5.41) is 0. The molecule has 2 heterocycles. The number of carbonyl (C=O) groups excluding carboxylic acids is 7. The Morgan fingerprint density at radius 3 is 1.55 bits per heavy atom. The first-order chi connectivity index (χ1) is 26.5. The Bertz CT molecular complexity index is 1660. The van der Waals surface area contributed by atoms with E-state index in [1.807, 2.05) is 6.07 Å². The molecule has 0 saturated carbocycles. The van der Waals surface area contributed by atoms with Crippen molar-refractivity contribution in [1.82, 2.24) is 29.6 Å². The lowest BCUT2D eigenvalue weighted by Crippen LogP contribution is -2.40. The number of amides is 4. The zero-order chi connectivity index (χ0) is 41.8. The predicted octanol–water partition coefficient (Wildman–Crippen LogP) is 1.44. The highest BCUT2D eigenvalue weighted by Gasteiger charge is 2.22. The number of aromatic nitrogens is 2. The van der Waals surface area contributed by atoms with E-state index in [0.29, 0.717) is 35.6 Å². The molecule has 0 aliphatic rings. The first-order valence-corrected chi connectivity index (χ1v) is 17.6. The topological polar surface area (TPSA) is 240 Å². The van der Waals surface area contributed by atoms with E-state index < -0.39 is 74.9 Å². The average Bonchev–Trinajstić information content (AvgIpc) is 3.17. The van der Waals surface area contributed by atoms with Crippen LogP contribution < -0.4 is 5.73 Å². The van der Waals surface area contributed by atoms with Crippen LogP contribution in [-0.2, 0) is 60.4 Å². The van der Waals surface area contributed by atoms with E-state index in [2.05, 4.69) is 9.97 Å².